The van der Waals surface area contributed by atoms with Crippen LogP contribution in [0.5, 0.6) is 0 Å². The van der Waals surface area contributed by atoms with Gasteiger partial charge in [0.05, 0.1) is 6.04 Å². The number of benzene rings is 1. The van der Waals surface area contributed by atoms with Crippen molar-refractivity contribution in [2.24, 2.45) is 0 Å². The normalized spacial score (nSPS) is 12.4. The zero-order chi connectivity index (χ0) is 12.3. The molecule has 1 aromatic heterocycles. The zero-order valence-corrected chi connectivity index (χ0v) is 10.6. The van der Waals surface area contributed by atoms with Crippen molar-refractivity contribution in [3.05, 3.63) is 65.0 Å². The number of nitrogens with one attached hydrogen (secondary N) is 1. The maximum Gasteiger partial charge on any atom is 0.0594 e. The summed E-state index contributed by atoms with van der Waals surface area (Å²) in [6.07, 6.45) is 1.84. The van der Waals surface area contributed by atoms with E-state index < -0.39 is 0 Å². The minimum atomic E-state index is 0.213. The van der Waals surface area contributed by atoms with E-state index in [1.165, 1.54) is 16.7 Å². The molecule has 1 atom stereocenters. The maximum atomic E-state index is 4.36. The molecule has 1 N–H and O–H groups in total. The van der Waals surface area contributed by atoms with Gasteiger partial charge in [0.2, 0.25) is 0 Å². The third-order valence-electron chi connectivity index (χ3n) is 3.15. The first kappa shape index (κ1) is 11.8. The van der Waals surface area contributed by atoms with Crippen molar-refractivity contribution in [2.75, 3.05) is 7.05 Å². The third kappa shape index (κ3) is 2.37. The van der Waals surface area contributed by atoms with E-state index in [2.05, 4.69) is 54.5 Å². The Morgan fingerprint density at radius 1 is 1.00 bits per heavy atom. The van der Waals surface area contributed by atoms with Crippen molar-refractivity contribution in [3.8, 4) is 0 Å². The topological polar surface area (TPSA) is 24.9 Å². The van der Waals surface area contributed by atoms with Gasteiger partial charge in [0.25, 0.3) is 0 Å². The standard InChI is InChI=1S/C15H18N2/c1-11-7-4-5-8-13(11)15(16-3)14-9-6-10-17-12(14)2/h4-10,15-16H,1-3H3. The highest BCUT2D eigenvalue weighted by molar-refractivity contribution is 5.37. The van der Waals surface area contributed by atoms with E-state index >= 15 is 0 Å². The molecule has 0 spiro atoms. The lowest BCUT2D eigenvalue weighted by Crippen LogP contribution is -2.19. The van der Waals surface area contributed by atoms with Crippen LogP contribution in [0.15, 0.2) is 42.6 Å². The fourth-order valence-electron chi connectivity index (χ4n) is 2.19. The molecule has 0 saturated carbocycles. The first-order chi connectivity index (χ1) is 8.24. The van der Waals surface area contributed by atoms with E-state index in [9.17, 15) is 0 Å². The minimum Gasteiger partial charge on any atom is -0.309 e. The number of hydrogen-bond acceptors (Lipinski definition) is 2. The number of hydrogen-bond donors (Lipinski definition) is 1. The predicted octanol–water partition coefficient (Wildman–Crippen LogP) is 3.01. The second-order valence-electron chi connectivity index (χ2n) is 4.26. The van der Waals surface area contributed by atoms with Crippen LogP contribution in [0.3, 0.4) is 0 Å². The highest BCUT2D eigenvalue weighted by Gasteiger charge is 2.15. The Morgan fingerprint density at radius 3 is 2.35 bits per heavy atom. The van der Waals surface area contributed by atoms with Gasteiger partial charge in [-0.3, -0.25) is 4.98 Å². The fraction of sp³-hybridized carbons (Fsp3) is 0.267. The van der Waals surface area contributed by atoms with Crippen LogP contribution in [0.2, 0.25) is 0 Å². The predicted molar refractivity (Wildman–Crippen MR) is 71.1 cm³/mol. The average Bonchev–Trinajstić information content (AvgIpc) is 2.34. The molecule has 2 nitrogen and oxygen atoms in total. The molecule has 1 unspecified atom stereocenters. The summed E-state index contributed by atoms with van der Waals surface area (Å²) in [5.74, 6) is 0. The molecule has 2 aromatic rings. The second kappa shape index (κ2) is 5.11. The van der Waals surface area contributed by atoms with Crippen molar-refractivity contribution < 1.29 is 0 Å². The maximum absolute atomic E-state index is 4.36. The van der Waals surface area contributed by atoms with Crippen LogP contribution in [-0.2, 0) is 0 Å². The summed E-state index contributed by atoms with van der Waals surface area (Å²) in [5.41, 5.74) is 4.93. The average molecular weight is 226 g/mol. The molecule has 17 heavy (non-hydrogen) atoms. The van der Waals surface area contributed by atoms with Gasteiger partial charge in [-0.05, 0) is 43.7 Å². The Labute approximate surface area is 103 Å². The summed E-state index contributed by atoms with van der Waals surface area (Å²) >= 11 is 0. The number of pyridine rings is 1. The SMILES string of the molecule is CNC(c1ccccc1C)c1cccnc1C. The zero-order valence-electron chi connectivity index (χ0n) is 10.6. The third-order valence-corrected chi connectivity index (χ3v) is 3.15. The molecule has 0 aliphatic carbocycles. The summed E-state index contributed by atoms with van der Waals surface area (Å²) in [4.78, 5) is 4.36. The van der Waals surface area contributed by atoms with E-state index in [0.717, 1.165) is 5.69 Å². The molecule has 2 rings (SSSR count). The van der Waals surface area contributed by atoms with Crippen molar-refractivity contribution in [1.82, 2.24) is 10.3 Å². The molecule has 0 saturated heterocycles. The Balaban J connectivity index is 2.48. The Bertz CT molecular complexity index is 460. The highest BCUT2D eigenvalue weighted by Crippen LogP contribution is 2.25. The van der Waals surface area contributed by atoms with E-state index in [0.29, 0.717) is 0 Å². The Morgan fingerprint density at radius 2 is 1.71 bits per heavy atom. The van der Waals surface area contributed by atoms with Gasteiger partial charge < -0.3 is 5.32 Å². The van der Waals surface area contributed by atoms with Gasteiger partial charge in [-0.15, -0.1) is 0 Å². The van der Waals surface area contributed by atoms with Crippen LogP contribution < -0.4 is 5.32 Å². The first-order valence-corrected chi connectivity index (χ1v) is 5.88. The van der Waals surface area contributed by atoms with Crippen LogP contribution in [-0.4, -0.2) is 12.0 Å². The smallest absolute Gasteiger partial charge is 0.0594 e. The minimum absolute atomic E-state index is 0.213. The van der Waals surface area contributed by atoms with Gasteiger partial charge in [0.15, 0.2) is 0 Å². The van der Waals surface area contributed by atoms with Gasteiger partial charge in [-0.1, -0.05) is 30.3 Å². The lowest BCUT2D eigenvalue weighted by molar-refractivity contribution is 0.679. The number of nitrogens with zero attached hydrogens (tertiary/aromatic N) is 1. The molecule has 0 fully saturated rings. The Hall–Kier alpha value is -1.67. The quantitative estimate of drug-likeness (QED) is 0.870. The van der Waals surface area contributed by atoms with Crippen molar-refractivity contribution >= 4 is 0 Å². The Kier molecular flexibility index (Phi) is 3.55. The highest BCUT2D eigenvalue weighted by atomic mass is 14.9. The summed E-state index contributed by atoms with van der Waals surface area (Å²) in [6, 6.07) is 12.8. The van der Waals surface area contributed by atoms with Gasteiger partial charge in [-0.25, -0.2) is 0 Å². The molecule has 0 radical (unpaired) electrons. The molecule has 1 aromatic carbocycles. The fourth-order valence-corrected chi connectivity index (χ4v) is 2.19. The van der Waals surface area contributed by atoms with Crippen molar-refractivity contribution in [3.63, 3.8) is 0 Å². The number of aromatic nitrogens is 1. The summed E-state index contributed by atoms with van der Waals surface area (Å²) < 4.78 is 0. The lowest BCUT2D eigenvalue weighted by atomic mass is 9.94. The van der Waals surface area contributed by atoms with Gasteiger partial charge in [0, 0.05) is 11.9 Å². The van der Waals surface area contributed by atoms with Crippen LogP contribution in [0.1, 0.15) is 28.4 Å². The molecule has 0 bridgehead atoms. The first-order valence-electron chi connectivity index (χ1n) is 5.88. The van der Waals surface area contributed by atoms with Crippen LogP contribution in [0.25, 0.3) is 0 Å². The van der Waals surface area contributed by atoms with E-state index in [1.54, 1.807) is 0 Å². The molecule has 0 aliphatic heterocycles. The van der Waals surface area contributed by atoms with Crippen molar-refractivity contribution in [2.45, 2.75) is 19.9 Å². The van der Waals surface area contributed by atoms with Crippen molar-refractivity contribution in [1.29, 1.82) is 0 Å². The molecule has 2 heteroatoms. The molecule has 0 aliphatic rings. The lowest BCUT2D eigenvalue weighted by Gasteiger charge is -2.20. The number of aryl methyl sites for hydroxylation is 2. The van der Waals surface area contributed by atoms with E-state index in [1.807, 2.05) is 19.3 Å². The molecular weight excluding hydrogens is 208 g/mol. The van der Waals surface area contributed by atoms with E-state index in [-0.39, 0.29) is 6.04 Å². The van der Waals surface area contributed by atoms with E-state index in [4.69, 9.17) is 0 Å². The van der Waals surface area contributed by atoms with Gasteiger partial charge in [0.1, 0.15) is 0 Å². The van der Waals surface area contributed by atoms with Crippen LogP contribution in [0.4, 0.5) is 0 Å². The number of rotatable bonds is 3. The molecule has 1 heterocycles. The van der Waals surface area contributed by atoms with Crippen LogP contribution >= 0.6 is 0 Å². The summed E-state index contributed by atoms with van der Waals surface area (Å²) in [7, 11) is 1.99. The molecule has 0 amide bonds. The monoisotopic (exact) mass is 226 g/mol. The largest absolute Gasteiger partial charge is 0.309 e. The van der Waals surface area contributed by atoms with Gasteiger partial charge in [-0.2, -0.15) is 0 Å². The summed E-state index contributed by atoms with van der Waals surface area (Å²) in [5, 5.41) is 3.38. The molecular formula is C15H18N2. The van der Waals surface area contributed by atoms with Crippen LogP contribution in [0, 0.1) is 13.8 Å². The van der Waals surface area contributed by atoms with Gasteiger partial charge >= 0.3 is 0 Å². The molecule has 88 valence electrons. The second-order valence-corrected chi connectivity index (χ2v) is 4.26. The summed E-state index contributed by atoms with van der Waals surface area (Å²) in [6.45, 7) is 4.20.